The lowest BCUT2D eigenvalue weighted by atomic mass is 9.56. The van der Waals surface area contributed by atoms with Crippen LogP contribution in [0, 0.1) is 5.92 Å². The number of ketones is 2. The van der Waals surface area contributed by atoms with Crippen LogP contribution >= 0.6 is 0 Å². The Bertz CT molecular complexity index is 612. The van der Waals surface area contributed by atoms with Gasteiger partial charge in [0.2, 0.25) is 5.78 Å². The van der Waals surface area contributed by atoms with E-state index in [0.717, 1.165) is 11.1 Å². The molecule has 0 saturated carbocycles. The van der Waals surface area contributed by atoms with E-state index in [1.807, 2.05) is 13.8 Å². The number of Topliss-reactive ketones (excluding diaryl/α,β-unsaturated/α-hetero) is 2. The zero-order valence-corrected chi connectivity index (χ0v) is 10.6. The standard InChI is InChI=1S/C15H14O3/c1-8-9(2)15(18-3)12(8)13(16)10-6-4-5-7-11(10)14(15)17/h4-7,12H,1-3H3. The maximum absolute atomic E-state index is 12.6. The second-order valence-electron chi connectivity index (χ2n) is 4.92. The molecule has 3 nitrogen and oxygen atoms in total. The van der Waals surface area contributed by atoms with Crippen LogP contribution in [0.2, 0.25) is 0 Å². The molecular formula is C15H14O3. The van der Waals surface area contributed by atoms with Gasteiger partial charge in [0.05, 0.1) is 5.92 Å². The molecule has 18 heavy (non-hydrogen) atoms. The molecule has 1 aromatic rings. The van der Waals surface area contributed by atoms with Crippen LogP contribution in [0.25, 0.3) is 0 Å². The molecular weight excluding hydrogens is 228 g/mol. The number of rotatable bonds is 1. The lowest BCUT2D eigenvalue weighted by Gasteiger charge is -2.50. The van der Waals surface area contributed by atoms with E-state index in [-0.39, 0.29) is 11.6 Å². The van der Waals surface area contributed by atoms with Gasteiger partial charge < -0.3 is 4.74 Å². The summed E-state index contributed by atoms with van der Waals surface area (Å²) in [5.41, 5.74) is 1.79. The fourth-order valence-electron chi connectivity index (χ4n) is 3.25. The van der Waals surface area contributed by atoms with Gasteiger partial charge in [0.1, 0.15) is 0 Å². The second kappa shape index (κ2) is 3.39. The average Bonchev–Trinajstić information content (AvgIpc) is 2.41. The third kappa shape index (κ3) is 0.993. The summed E-state index contributed by atoms with van der Waals surface area (Å²) in [7, 11) is 1.50. The number of hydrogen-bond donors (Lipinski definition) is 0. The first-order valence-electron chi connectivity index (χ1n) is 5.96. The summed E-state index contributed by atoms with van der Waals surface area (Å²) in [6.07, 6.45) is 0. The van der Waals surface area contributed by atoms with Crippen LogP contribution in [0.15, 0.2) is 35.4 Å². The smallest absolute Gasteiger partial charge is 0.200 e. The summed E-state index contributed by atoms with van der Waals surface area (Å²) < 4.78 is 5.47. The van der Waals surface area contributed by atoms with Gasteiger partial charge in [0, 0.05) is 18.2 Å². The van der Waals surface area contributed by atoms with Crippen LogP contribution in [0.4, 0.5) is 0 Å². The van der Waals surface area contributed by atoms with Crippen LogP contribution in [-0.2, 0) is 4.74 Å². The van der Waals surface area contributed by atoms with Gasteiger partial charge in [-0.05, 0) is 19.4 Å². The average molecular weight is 242 g/mol. The zero-order chi connectivity index (χ0) is 13.1. The highest BCUT2D eigenvalue weighted by molar-refractivity contribution is 6.23. The highest BCUT2D eigenvalue weighted by Crippen LogP contribution is 2.52. The Morgan fingerprint density at radius 2 is 1.72 bits per heavy atom. The largest absolute Gasteiger partial charge is 0.364 e. The Morgan fingerprint density at radius 3 is 2.33 bits per heavy atom. The summed E-state index contributed by atoms with van der Waals surface area (Å²) in [6.45, 7) is 3.77. The van der Waals surface area contributed by atoms with Gasteiger partial charge in [0.25, 0.3) is 0 Å². The highest BCUT2D eigenvalue weighted by Gasteiger charge is 2.62. The molecule has 3 heteroatoms. The predicted octanol–water partition coefficient (Wildman–Crippen LogP) is 2.42. The van der Waals surface area contributed by atoms with E-state index in [0.29, 0.717) is 11.1 Å². The van der Waals surface area contributed by atoms with Crippen molar-refractivity contribution in [2.75, 3.05) is 7.11 Å². The van der Waals surface area contributed by atoms with E-state index in [9.17, 15) is 9.59 Å². The number of fused-ring (bicyclic) bond motifs is 2. The molecule has 0 aromatic heterocycles. The van der Waals surface area contributed by atoms with Crippen LogP contribution < -0.4 is 0 Å². The molecule has 0 saturated heterocycles. The fraction of sp³-hybridized carbons (Fsp3) is 0.333. The Hall–Kier alpha value is -1.74. The molecule has 0 bridgehead atoms. The molecule has 3 rings (SSSR count). The molecule has 0 radical (unpaired) electrons. The predicted molar refractivity (Wildman–Crippen MR) is 66.7 cm³/mol. The molecule has 2 aliphatic rings. The third-order valence-electron chi connectivity index (χ3n) is 4.35. The molecule has 0 aliphatic heterocycles. The Balaban J connectivity index is 2.29. The number of carbonyl (C=O) groups is 2. The Labute approximate surface area is 105 Å². The van der Waals surface area contributed by atoms with Crippen molar-refractivity contribution in [3.63, 3.8) is 0 Å². The molecule has 2 unspecified atom stereocenters. The molecule has 1 aromatic carbocycles. The van der Waals surface area contributed by atoms with E-state index < -0.39 is 11.5 Å². The van der Waals surface area contributed by atoms with Crippen molar-refractivity contribution in [3.05, 3.63) is 46.5 Å². The minimum absolute atomic E-state index is 0.00449. The molecule has 0 amide bonds. The van der Waals surface area contributed by atoms with Crippen molar-refractivity contribution in [2.45, 2.75) is 19.4 Å². The Morgan fingerprint density at radius 1 is 1.11 bits per heavy atom. The van der Waals surface area contributed by atoms with E-state index in [2.05, 4.69) is 0 Å². The van der Waals surface area contributed by atoms with Gasteiger partial charge in [-0.25, -0.2) is 0 Å². The topological polar surface area (TPSA) is 43.4 Å². The molecule has 0 spiro atoms. The molecule has 0 heterocycles. The first-order valence-corrected chi connectivity index (χ1v) is 5.96. The minimum Gasteiger partial charge on any atom is -0.364 e. The SMILES string of the molecule is COC12C(=O)c3ccccc3C(=O)C1C(C)=C2C. The van der Waals surface area contributed by atoms with Crippen molar-refractivity contribution in [2.24, 2.45) is 5.92 Å². The van der Waals surface area contributed by atoms with Crippen molar-refractivity contribution < 1.29 is 14.3 Å². The summed E-state index contributed by atoms with van der Waals surface area (Å²) >= 11 is 0. The van der Waals surface area contributed by atoms with Gasteiger partial charge >= 0.3 is 0 Å². The first kappa shape index (κ1) is 11.4. The van der Waals surface area contributed by atoms with Gasteiger partial charge in [-0.3, -0.25) is 9.59 Å². The van der Waals surface area contributed by atoms with E-state index in [1.165, 1.54) is 7.11 Å². The fourth-order valence-corrected chi connectivity index (χ4v) is 3.25. The van der Waals surface area contributed by atoms with Crippen LogP contribution in [0.1, 0.15) is 34.6 Å². The lowest BCUT2D eigenvalue weighted by Crippen LogP contribution is -2.61. The van der Waals surface area contributed by atoms with E-state index in [1.54, 1.807) is 24.3 Å². The number of benzene rings is 1. The lowest BCUT2D eigenvalue weighted by molar-refractivity contribution is -0.0174. The van der Waals surface area contributed by atoms with E-state index in [4.69, 9.17) is 4.74 Å². The number of hydrogen-bond acceptors (Lipinski definition) is 3. The molecule has 2 atom stereocenters. The number of carbonyl (C=O) groups excluding carboxylic acids is 2. The van der Waals surface area contributed by atoms with Crippen LogP contribution in [0.5, 0.6) is 0 Å². The molecule has 0 N–H and O–H groups in total. The quantitative estimate of drug-likeness (QED) is 0.710. The van der Waals surface area contributed by atoms with Gasteiger partial charge in [-0.2, -0.15) is 0 Å². The molecule has 2 aliphatic carbocycles. The normalized spacial score (nSPS) is 29.8. The summed E-state index contributed by atoms with van der Waals surface area (Å²) in [5.74, 6) is -0.534. The van der Waals surface area contributed by atoms with Crippen molar-refractivity contribution in [1.82, 2.24) is 0 Å². The first-order chi connectivity index (χ1) is 8.55. The van der Waals surface area contributed by atoms with Crippen LogP contribution in [-0.4, -0.2) is 24.3 Å². The molecule has 0 fully saturated rings. The minimum atomic E-state index is -1.05. The maximum atomic E-state index is 12.6. The van der Waals surface area contributed by atoms with Crippen molar-refractivity contribution in [1.29, 1.82) is 0 Å². The molecule has 92 valence electrons. The van der Waals surface area contributed by atoms with Crippen molar-refractivity contribution >= 4 is 11.6 Å². The van der Waals surface area contributed by atoms with Gasteiger partial charge in [-0.15, -0.1) is 0 Å². The highest BCUT2D eigenvalue weighted by atomic mass is 16.5. The summed E-state index contributed by atoms with van der Waals surface area (Å²) in [6, 6.07) is 6.98. The Kier molecular flexibility index (Phi) is 2.14. The van der Waals surface area contributed by atoms with Gasteiger partial charge in [-0.1, -0.05) is 29.8 Å². The number of ether oxygens (including phenoxy) is 1. The number of methoxy groups -OCH3 is 1. The summed E-state index contributed by atoms with van der Waals surface area (Å²) in [5, 5.41) is 0. The van der Waals surface area contributed by atoms with E-state index >= 15 is 0 Å². The van der Waals surface area contributed by atoms with Crippen LogP contribution in [0.3, 0.4) is 0 Å². The monoisotopic (exact) mass is 242 g/mol. The van der Waals surface area contributed by atoms with Crippen molar-refractivity contribution in [3.8, 4) is 0 Å². The summed E-state index contributed by atoms with van der Waals surface area (Å²) in [4.78, 5) is 25.1. The second-order valence-corrected chi connectivity index (χ2v) is 4.92. The zero-order valence-electron chi connectivity index (χ0n) is 10.6. The maximum Gasteiger partial charge on any atom is 0.200 e. The third-order valence-corrected chi connectivity index (χ3v) is 4.35. The van der Waals surface area contributed by atoms with Gasteiger partial charge in [0.15, 0.2) is 11.4 Å².